The van der Waals surface area contributed by atoms with Crippen molar-refractivity contribution >= 4 is 41.5 Å². The van der Waals surface area contributed by atoms with Crippen LogP contribution < -0.4 is 15.5 Å². The van der Waals surface area contributed by atoms with Crippen LogP contribution in [0.5, 0.6) is 0 Å². The highest BCUT2D eigenvalue weighted by atomic mass is 35.5. The minimum Gasteiger partial charge on any atom is -0.344 e. The summed E-state index contributed by atoms with van der Waals surface area (Å²) in [5, 5.41) is 6.79. The van der Waals surface area contributed by atoms with E-state index in [1.165, 1.54) is 0 Å². The standard InChI is InChI=1S/C18H24ClN3O2.ClH/c19-14-3-1-2-4-16(14)22-12-9-15(18(22)24)21-17(23)6-5-13-7-10-20-11-8-13;/h1-4,13,15,20H,5-12H2,(H,21,23);1H. The number of hydrogen-bond donors (Lipinski definition) is 2. The van der Waals surface area contributed by atoms with Gasteiger partial charge in [-0.15, -0.1) is 12.4 Å². The number of benzene rings is 1. The van der Waals surface area contributed by atoms with E-state index in [9.17, 15) is 9.59 Å². The van der Waals surface area contributed by atoms with Crippen molar-refractivity contribution in [1.29, 1.82) is 0 Å². The summed E-state index contributed by atoms with van der Waals surface area (Å²) >= 11 is 6.17. The Morgan fingerprint density at radius 1 is 1.24 bits per heavy atom. The van der Waals surface area contributed by atoms with Crippen LogP contribution in [-0.4, -0.2) is 37.5 Å². The van der Waals surface area contributed by atoms with Gasteiger partial charge in [-0.3, -0.25) is 9.59 Å². The Balaban J connectivity index is 0.00000225. The molecule has 2 N–H and O–H groups in total. The van der Waals surface area contributed by atoms with Crippen molar-refractivity contribution in [2.24, 2.45) is 5.92 Å². The van der Waals surface area contributed by atoms with Crippen molar-refractivity contribution in [2.75, 3.05) is 24.5 Å². The molecule has 2 aliphatic heterocycles. The molecule has 0 saturated carbocycles. The molecular formula is C18H25Cl2N3O2. The lowest BCUT2D eigenvalue weighted by atomic mass is 9.93. The molecule has 2 amide bonds. The fourth-order valence-corrected chi connectivity index (χ4v) is 3.73. The molecule has 7 heteroatoms. The molecule has 1 atom stereocenters. The first-order valence-corrected chi connectivity index (χ1v) is 9.09. The van der Waals surface area contributed by atoms with Crippen LogP contribution in [0.1, 0.15) is 32.1 Å². The van der Waals surface area contributed by atoms with E-state index in [1.807, 2.05) is 18.2 Å². The number of nitrogens with zero attached hydrogens (tertiary/aromatic N) is 1. The zero-order valence-electron chi connectivity index (χ0n) is 14.2. The maximum atomic E-state index is 12.5. The number of rotatable bonds is 5. The first-order chi connectivity index (χ1) is 11.6. The predicted molar refractivity (Wildman–Crippen MR) is 102 cm³/mol. The van der Waals surface area contributed by atoms with Gasteiger partial charge in [0.25, 0.3) is 0 Å². The van der Waals surface area contributed by atoms with E-state index in [1.54, 1.807) is 11.0 Å². The number of hydrogen-bond acceptors (Lipinski definition) is 3. The number of para-hydroxylation sites is 1. The molecule has 3 rings (SSSR count). The summed E-state index contributed by atoms with van der Waals surface area (Å²) < 4.78 is 0. The zero-order valence-corrected chi connectivity index (χ0v) is 15.7. The van der Waals surface area contributed by atoms with Gasteiger partial charge in [0.1, 0.15) is 6.04 Å². The second-order valence-corrected chi connectivity index (χ2v) is 6.99. The van der Waals surface area contributed by atoms with Gasteiger partial charge >= 0.3 is 0 Å². The third-order valence-electron chi connectivity index (χ3n) is 4.92. The molecule has 2 heterocycles. The molecule has 0 spiro atoms. The maximum Gasteiger partial charge on any atom is 0.249 e. The third-order valence-corrected chi connectivity index (χ3v) is 5.24. The van der Waals surface area contributed by atoms with Gasteiger partial charge in [0, 0.05) is 13.0 Å². The van der Waals surface area contributed by atoms with Crippen molar-refractivity contribution in [2.45, 2.75) is 38.1 Å². The Kier molecular flexibility index (Phi) is 7.54. The molecule has 0 bridgehead atoms. The summed E-state index contributed by atoms with van der Waals surface area (Å²) in [6.45, 7) is 2.67. The number of halogens is 2. The second kappa shape index (κ2) is 9.41. The fourth-order valence-electron chi connectivity index (χ4n) is 3.50. The van der Waals surface area contributed by atoms with Crippen molar-refractivity contribution in [3.05, 3.63) is 29.3 Å². The molecule has 2 saturated heterocycles. The van der Waals surface area contributed by atoms with Gasteiger partial charge in [-0.2, -0.15) is 0 Å². The van der Waals surface area contributed by atoms with Crippen LogP contribution in [0.3, 0.4) is 0 Å². The van der Waals surface area contributed by atoms with E-state index in [2.05, 4.69) is 10.6 Å². The number of carbonyl (C=O) groups is 2. The average Bonchev–Trinajstić information content (AvgIpc) is 2.95. The van der Waals surface area contributed by atoms with E-state index < -0.39 is 6.04 Å². The largest absolute Gasteiger partial charge is 0.344 e. The molecule has 1 aromatic carbocycles. The predicted octanol–water partition coefficient (Wildman–Crippen LogP) is 2.76. The van der Waals surface area contributed by atoms with Crippen molar-refractivity contribution in [1.82, 2.24) is 10.6 Å². The Morgan fingerprint density at radius 2 is 1.96 bits per heavy atom. The van der Waals surface area contributed by atoms with Crippen LogP contribution in [0.25, 0.3) is 0 Å². The van der Waals surface area contributed by atoms with Crippen molar-refractivity contribution < 1.29 is 9.59 Å². The smallest absolute Gasteiger partial charge is 0.249 e. The summed E-state index contributed by atoms with van der Waals surface area (Å²) in [6.07, 6.45) is 4.30. The molecule has 138 valence electrons. The Labute approximate surface area is 159 Å². The van der Waals surface area contributed by atoms with Gasteiger partial charge in [0.2, 0.25) is 11.8 Å². The molecule has 2 aliphatic rings. The number of anilines is 1. The fraction of sp³-hybridized carbons (Fsp3) is 0.556. The van der Waals surface area contributed by atoms with E-state index in [-0.39, 0.29) is 24.2 Å². The van der Waals surface area contributed by atoms with Gasteiger partial charge in [0.05, 0.1) is 10.7 Å². The number of piperidine rings is 1. The van der Waals surface area contributed by atoms with Crippen LogP contribution in [0.15, 0.2) is 24.3 Å². The second-order valence-electron chi connectivity index (χ2n) is 6.58. The summed E-state index contributed by atoms with van der Waals surface area (Å²) in [5.74, 6) is 0.530. The van der Waals surface area contributed by atoms with Crippen LogP contribution >= 0.6 is 24.0 Å². The normalized spacial score (nSPS) is 21.1. The SMILES string of the molecule is Cl.O=C(CCC1CCNCC1)NC1CCN(c2ccccc2Cl)C1=O. The maximum absolute atomic E-state index is 12.5. The summed E-state index contributed by atoms with van der Waals surface area (Å²) in [5.41, 5.74) is 0.718. The molecule has 0 aromatic heterocycles. The average molecular weight is 386 g/mol. The minimum absolute atomic E-state index is 0. The Bertz CT molecular complexity index is 606. The van der Waals surface area contributed by atoms with Crippen molar-refractivity contribution in [3.63, 3.8) is 0 Å². The number of amides is 2. The van der Waals surface area contributed by atoms with Gasteiger partial charge in [-0.1, -0.05) is 23.7 Å². The molecular weight excluding hydrogens is 361 g/mol. The van der Waals surface area contributed by atoms with Crippen molar-refractivity contribution in [3.8, 4) is 0 Å². The van der Waals surface area contributed by atoms with Crippen LogP contribution in [0, 0.1) is 5.92 Å². The van der Waals surface area contributed by atoms with E-state index in [4.69, 9.17) is 11.6 Å². The highest BCUT2D eigenvalue weighted by Gasteiger charge is 2.34. The van der Waals surface area contributed by atoms with Gasteiger partial charge < -0.3 is 15.5 Å². The summed E-state index contributed by atoms with van der Waals surface area (Å²) in [6, 6.07) is 6.88. The third kappa shape index (κ3) is 5.09. The molecule has 25 heavy (non-hydrogen) atoms. The van der Waals surface area contributed by atoms with Gasteiger partial charge in [-0.05, 0) is 56.8 Å². The minimum atomic E-state index is -0.429. The summed E-state index contributed by atoms with van der Waals surface area (Å²) in [7, 11) is 0. The zero-order chi connectivity index (χ0) is 16.9. The first kappa shape index (κ1) is 20.0. The molecule has 1 unspecified atom stereocenters. The van der Waals surface area contributed by atoms with Crippen LogP contribution in [-0.2, 0) is 9.59 Å². The highest BCUT2D eigenvalue weighted by Crippen LogP contribution is 2.29. The Morgan fingerprint density at radius 3 is 2.68 bits per heavy atom. The molecule has 0 aliphatic carbocycles. The highest BCUT2D eigenvalue weighted by molar-refractivity contribution is 6.34. The van der Waals surface area contributed by atoms with Gasteiger partial charge in [-0.25, -0.2) is 0 Å². The quantitative estimate of drug-likeness (QED) is 0.818. The van der Waals surface area contributed by atoms with Crippen LogP contribution in [0.2, 0.25) is 5.02 Å². The lowest BCUT2D eigenvalue weighted by Crippen LogP contribution is -2.41. The van der Waals surface area contributed by atoms with E-state index in [0.29, 0.717) is 30.3 Å². The number of nitrogens with one attached hydrogen (secondary N) is 2. The molecule has 1 aromatic rings. The summed E-state index contributed by atoms with van der Waals surface area (Å²) in [4.78, 5) is 26.4. The van der Waals surface area contributed by atoms with E-state index >= 15 is 0 Å². The van der Waals surface area contributed by atoms with E-state index in [0.717, 1.165) is 38.0 Å². The first-order valence-electron chi connectivity index (χ1n) is 8.71. The Hall–Kier alpha value is -1.30. The van der Waals surface area contributed by atoms with Gasteiger partial charge in [0.15, 0.2) is 0 Å². The molecule has 5 nitrogen and oxygen atoms in total. The number of carbonyl (C=O) groups excluding carboxylic acids is 2. The van der Waals surface area contributed by atoms with Crippen LogP contribution in [0.4, 0.5) is 5.69 Å². The topological polar surface area (TPSA) is 61.4 Å². The monoisotopic (exact) mass is 385 g/mol. The molecule has 2 fully saturated rings. The lowest BCUT2D eigenvalue weighted by molar-refractivity contribution is -0.126. The lowest BCUT2D eigenvalue weighted by Gasteiger charge is -2.22. The molecule has 0 radical (unpaired) electrons.